The molecule has 0 bridgehead atoms. The summed E-state index contributed by atoms with van der Waals surface area (Å²) in [6.45, 7) is 3.43. The van der Waals surface area contributed by atoms with Crippen molar-refractivity contribution in [3.63, 3.8) is 0 Å². The summed E-state index contributed by atoms with van der Waals surface area (Å²) >= 11 is 0. The maximum Gasteiger partial charge on any atom is 0.254 e. The number of pyridine rings is 1. The van der Waals surface area contributed by atoms with Crippen molar-refractivity contribution in [3.8, 4) is 5.75 Å². The molecule has 5 nitrogen and oxygen atoms in total. The first-order valence-electron chi connectivity index (χ1n) is 9.52. The number of hydrogen-bond acceptors (Lipinski definition) is 4. The molecule has 0 unspecified atom stereocenters. The predicted octanol–water partition coefficient (Wildman–Crippen LogP) is 3.62. The van der Waals surface area contributed by atoms with E-state index in [4.69, 9.17) is 4.74 Å². The number of aromatic nitrogens is 1. The fourth-order valence-electron chi connectivity index (χ4n) is 3.32. The molecule has 0 spiro atoms. The van der Waals surface area contributed by atoms with Crippen LogP contribution in [0, 0.1) is 0 Å². The van der Waals surface area contributed by atoms with Gasteiger partial charge in [0.25, 0.3) is 5.91 Å². The van der Waals surface area contributed by atoms with E-state index in [-0.39, 0.29) is 5.91 Å². The van der Waals surface area contributed by atoms with Gasteiger partial charge in [-0.25, -0.2) is 4.98 Å². The lowest BCUT2D eigenvalue weighted by molar-refractivity contribution is 0.0746. The molecule has 0 N–H and O–H groups in total. The van der Waals surface area contributed by atoms with Gasteiger partial charge in [0, 0.05) is 37.9 Å². The van der Waals surface area contributed by atoms with Crippen LogP contribution in [-0.4, -0.2) is 42.0 Å². The zero-order chi connectivity index (χ0) is 19.2. The van der Waals surface area contributed by atoms with Crippen LogP contribution < -0.4 is 9.64 Å². The molecule has 1 amide bonds. The predicted molar refractivity (Wildman–Crippen MR) is 110 cm³/mol. The van der Waals surface area contributed by atoms with Crippen molar-refractivity contribution in [3.05, 3.63) is 90.1 Å². The molecule has 0 atom stereocenters. The molecule has 1 saturated heterocycles. The van der Waals surface area contributed by atoms with Gasteiger partial charge in [-0.05, 0) is 35.9 Å². The molecule has 0 aliphatic carbocycles. The number of hydrogen-bond donors (Lipinski definition) is 0. The monoisotopic (exact) mass is 373 g/mol. The zero-order valence-electron chi connectivity index (χ0n) is 15.7. The van der Waals surface area contributed by atoms with E-state index < -0.39 is 0 Å². The fourth-order valence-corrected chi connectivity index (χ4v) is 3.32. The Labute approximate surface area is 165 Å². The SMILES string of the molecule is O=C(c1cccc(OCc2ccccc2)c1)N1CCN(c2ccccn2)CC1. The quantitative estimate of drug-likeness (QED) is 0.685. The van der Waals surface area contributed by atoms with Gasteiger partial charge in [-0.3, -0.25) is 4.79 Å². The average Bonchev–Trinajstić information content (AvgIpc) is 2.79. The van der Waals surface area contributed by atoms with E-state index in [9.17, 15) is 4.79 Å². The number of piperazine rings is 1. The van der Waals surface area contributed by atoms with Gasteiger partial charge in [-0.15, -0.1) is 0 Å². The fraction of sp³-hybridized carbons (Fsp3) is 0.217. The number of carbonyl (C=O) groups excluding carboxylic acids is 1. The third-order valence-electron chi connectivity index (χ3n) is 4.87. The summed E-state index contributed by atoms with van der Waals surface area (Å²) in [5.41, 5.74) is 1.77. The molecule has 3 aromatic rings. The first kappa shape index (κ1) is 18.0. The van der Waals surface area contributed by atoms with Gasteiger partial charge < -0.3 is 14.5 Å². The van der Waals surface area contributed by atoms with E-state index in [1.165, 1.54) is 0 Å². The lowest BCUT2D eigenvalue weighted by Gasteiger charge is -2.35. The number of anilines is 1. The molecule has 1 aromatic heterocycles. The van der Waals surface area contributed by atoms with Crippen LogP contribution in [0.3, 0.4) is 0 Å². The maximum absolute atomic E-state index is 12.9. The van der Waals surface area contributed by atoms with Gasteiger partial charge in [-0.1, -0.05) is 42.5 Å². The second kappa shape index (κ2) is 8.57. The second-order valence-electron chi connectivity index (χ2n) is 6.77. The molecule has 5 heteroatoms. The summed E-state index contributed by atoms with van der Waals surface area (Å²) < 4.78 is 5.86. The summed E-state index contributed by atoms with van der Waals surface area (Å²) in [5, 5.41) is 0. The Morgan fingerprint density at radius 3 is 2.43 bits per heavy atom. The minimum absolute atomic E-state index is 0.0471. The minimum Gasteiger partial charge on any atom is -0.489 e. The molecule has 2 aromatic carbocycles. The van der Waals surface area contributed by atoms with E-state index in [1.807, 2.05) is 77.7 Å². The van der Waals surface area contributed by atoms with Gasteiger partial charge in [-0.2, -0.15) is 0 Å². The topological polar surface area (TPSA) is 45.7 Å². The van der Waals surface area contributed by atoms with Crippen LogP contribution in [0.1, 0.15) is 15.9 Å². The Balaban J connectivity index is 1.36. The lowest BCUT2D eigenvalue weighted by Crippen LogP contribution is -2.49. The van der Waals surface area contributed by atoms with Crippen LogP contribution in [0.25, 0.3) is 0 Å². The van der Waals surface area contributed by atoms with Gasteiger partial charge in [0.05, 0.1) is 0 Å². The van der Waals surface area contributed by atoms with Crippen LogP contribution >= 0.6 is 0 Å². The molecule has 1 aliphatic rings. The van der Waals surface area contributed by atoms with Gasteiger partial charge in [0.15, 0.2) is 0 Å². The molecule has 1 aliphatic heterocycles. The number of ether oxygens (including phenoxy) is 1. The highest BCUT2D eigenvalue weighted by Crippen LogP contribution is 2.19. The molecule has 0 saturated carbocycles. The molecule has 4 rings (SSSR count). The van der Waals surface area contributed by atoms with E-state index in [0.29, 0.717) is 31.0 Å². The Kier molecular flexibility index (Phi) is 5.52. The van der Waals surface area contributed by atoms with Crippen molar-refractivity contribution < 1.29 is 9.53 Å². The van der Waals surface area contributed by atoms with E-state index in [1.54, 1.807) is 6.20 Å². The van der Waals surface area contributed by atoms with Crippen molar-refractivity contribution in [2.75, 3.05) is 31.1 Å². The van der Waals surface area contributed by atoms with E-state index in [2.05, 4.69) is 9.88 Å². The number of nitrogens with zero attached hydrogens (tertiary/aromatic N) is 3. The van der Waals surface area contributed by atoms with Crippen molar-refractivity contribution in [2.45, 2.75) is 6.61 Å². The molecular formula is C23H23N3O2. The Hall–Kier alpha value is -3.34. The number of carbonyl (C=O) groups is 1. The summed E-state index contributed by atoms with van der Waals surface area (Å²) in [7, 11) is 0. The third-order valence-corrected chi connectivity index (χ3v) is 4.87. The summed E-state index contributed by atoms with van der Waals surface area (Å²) in [6, 6.07) is 23.4. The molecule has 0 radical (unpaired) electrons. The van der Waals surface area contributed by atoms with Crippen LogP contribution in [0.5, 0.6) is 5.75 Å². The molecule has 28 heavy (non-hydrogen) atoms. The highest BCUT2D eigenvalue weighted by Gasteiger charge is 2.23. The molecular weight excluding hydrogens is 350 g/mol. The van der Waals surface area contributed by atoms with Crippen molar-refractivity contribution in [1.29, 1.82) is 0 Å². The minimum atomic E-state index is 0.0471. The van der Waals surface area contributed by atoms with E-state index in [0.717, 1.165) is 24.5 Å². The second-order valence-corrected chi connectivity index (χ2v) is 6.77. The largest absolute Gasteiger partial charge is 0.489 e. The number of rotatable bonds is 5. The van der Waals surface area contributed by atoms with Gasteiger partial charge >= 0.3 is 0 Å². The van der Waals surface area contributed by atoms with Crippen LogP contribution in [0.4, 0.5) is 5.82 Å². The van der Waals surface area contributed by atoms with E-state index >= 15 is 0 Å². The molecule has 142 valence electrons. The van der Waals surface area contributed by atoms with Gasteiger partial charge in [0.1, 0.15) is 18.2 Å². The highest BCUT2D eigenvalue weighted by atomic mass is 16.5. The summed E-state index contributed by atoms with van der Waals surface area (Å²) in [6.07, 6.45) is 1.80. The Morgan fingerprint density at radius 2 is 1.68 bits per heavy atom. The lowest BCUT2D eigenvalue weighted by atomic mass is 10.1. The summed E-state index contributed by atoms with van der Waals surface area (Å²) in [5.74, 6) is 1.72. The van der Waals surface area contributed by atoms with Crippen molar-refractivity contribution in [1.82, 2.24) is 9.88 Å². The normalized spacial score (nSPS) is 14.0. The summed E-state index contributed by atoms with van der Waals surface area (Å²) in [4.78, 5) is 21.4. The number of benzene rings is 2. The maximum atomic E-state index is 12.9. The smallest absolute Gasteiger partial charge is 0.254 e. The zero-order valence-corrected chi connectivity index (χ0v) is 15.7. The molecule has 2 heterocycles. The first-order valence-corrected chi connectivity index (χ1v) is 9.52. The van der Waals surface area contributed by atoms with Gasteiger partial charge in [0.2, 0.25) is 0 Å². The molecule has 1 fully saturated rings. The van der Waals surface area contributed by atoms with Crippen LogP contribution in [0.2, 0.25) is 0 Å². The Morgan fingerprint density at radius 1 is 0.893 bits per heavy atom. The van der Waals surface area contributed by atoms with Crippen LogP contribution in [0.15, 0.2) is 79.0 Å². The highest BCUT2D eigenvalue weighted by molar-refractivity contribution is 5.94. The first-order chi connectivity index (χ1) is 13.8. The van der Waals surface area contributed by atoms with Crippen molar-refractivity contribution >= 4 is 11.7 Å². The average molecular weight is 373 g/mol. The van der Waals surface area contributed by atoms with Crippen molar-refractivity contribution in [2.24, 2.45) is 0 Å². The van der Waals surface area contributed by atoms with Crippen LogP contribution in [-0.2, 0) is 6.61 Å². The Bertz CT molecular complexity index is 907. The standard InChI is InChI=1S/C23H23N3O2/c27-23(26-15-13-25(14-16-26)22-11-4-5-12-24-22)20-9-6-10-21(17-20)28-18-19-7-2-1-3-8-19/h1-12,17H,13-16,18H2. The number of amides is 1. The third kappa shape index (κ3) is 4.31.